The molecule has 0 bridgehead atoms. The maximum Gasteiger partial charge on any atom is 0.243 e. The summed E-state index contributed by atoms with van der Waals surface area (Å²) in [5, 5.41) is 0. The highest BCUT2D eigenvalue weighted by Gasteiger charge is 2.22. The molecule has 0 atom stereocenters. The summed E-state index contributed by atoms with van der Waals surface area (Å²) in [7, 11) is -3.43. The van der Waals surface area contributed by atoms with Crippen molar-refractivity contribution in [1.29, 1.82) is 0 Å². The van der Waals surface area contributed by atoms with Crippen LogP contribution in [0.1, 0.15) is 24.8 Å². The summed E-state index contributed by atoms with van der Waals surface area (Å²) in [5.41, 5.74) is 1.05. The minimum absolute atomic E-state index is 0.338. The smallest absolute Gasteiger partial charge is 0.207 e. The summed E-state index contributed by atoms with van der Waals surface area (Å²) < 4.78 is 26.6. The second kappa shape index (κ2) is 8.02. The Morgan fingerprint density at radius 1 is 1.10 bits per heavy atom. The van der Waals surface area contributed by atoms with Crippen LogP contribution in [0.3, 0.4) is 0 Å². The lowest BCUT2D eigenvalue weighted by Gasteiger charge is -2.20. The molecular weight excluding hydrogens is 270 g/mol. The van der Waals surface area contributed by atoms with Gasteiger partial charge in [-0.05, 0) is 38.3 Å². The topological polar surface area (TPSA) is 37.4 Å². The third kappa shape index (κ3) is 4.62. The summed E-state index contributed by atoms with van der Waals surface area (Å²) in [6, 6.07) is 6.95. The van der Waals surface area contributed by atoms with Gasteiger partial charge in [0.2, 0.25) is 10.0 Å². The molecule has 0 aliphatic rings. The van der Waals surface area contributed by atoms with E-state index < -0.39 is 10.0 Å². The van der Waals surface area contributed by atoms with Gasteiger partial charge in [-0.2, -0.15) is 4.31 Å². The standard InChI is InChI=1S/C16H23NO2S/c1-4-6-7-8-14-17(13-5-2)20(18,19)16-11-9-15(3)10-12-16/h4-5,9-12H,1-2,6-8,13-14H2,3H3. The van der Waals surface area contributed by atoms with Gasteiger partial charge in [-0.25, -0.2) is 8.42 Å². The largest absolute Gasteiger partial charge is 0.243 e. The van der Waals surface area contributed by atoms with E-state index >= 15 is 0 Å². The lowest BCUT2D eigenvalue weighted by Crippen LogP contribution is -2.32. The lowest BCUT2D eigenvalue weighted by atomic mass is 10.2. The predicted octanol–water partition coefficient (Wildman–Crippen LogP) is 3.53. The molecule has 0 N–H and O–H groups in total. The molecule has 0 saturated carbocycles. The first-order chi connectivity index (χ1) is 9.52. The first-order valence-corrected chi connectivity index (χ1v) is 8.25. The molecule has 0 fully saturated rings. The van der Waals surface area contributed by atoms with E-state index in [1.54, 1.807) is 18.2 Å². The molecule has 4 heteroatoms. The average Bonchev–Trinajstić information content (AvgIpc) is 2.42. The highest BCUT2D eigenvalue weighted by atomic mass is 32.2. The van der Waals surface area contributed by atoms with Gasteiger partial charge in [-0.1, -0.05) is 29.8 Å². The maximum atomic E-state index is 12.6. The first kappa shape index (κ1) is 16.7. The van der Waals surface area contributed by atoms with Crippen molar-refractivity contribution >= 4 is 10.0 Å². The van der Waals surface area contributed by atoms with Crippen molar-refractivity contribution in [2.45, 2.75) is 31.1 Å². The van der Waals surface area contributed by atoms with E-state index in [4.69, 9.17) is 0 Å². The van der Waals surface area contributed by atoms with Gasteiger partial charge in [-0.15, -0.1) is 13.2 Å². The zero-order valence-corrected chi connectivity index (χ0v) is 12.9. The van der Waals surface area contributed by atoms with Crippen LogP contribution in [0.2, 0.25) is 0 Å². The van der Waals surface area contributed by atoms with E-state index in [1.165, 1.54) is 4.31 Å². The molecule has 0 amide bonds. The zero-order chi connectivity index (χ0) is 15.0. The summed E-state index contributed by atoms with van der Waals surface area (Å²) in [4.78, 5) is 0.341. The normalized spacial score (nSPS) is 11.5. The highest BCUT2D eigenvalue weighted by molar-refractivity contribution is 7.89. The molecule has 1 rings (SSSR count). The Kier molecular flexibility index (Phi) is 6.68. The molecule has 1 aromatic rings. The highest BCUT2D eigenvalue weighted by Crippen LogP contribution is 2.17. The number of hydrogen-bond acceptors (Lipinski definition) is 2. The number of hydrogen-bond donors (Lipinski definition) is 0. The van der Waals surface area contributed by atoms with Crippen molar-refractivity contribution in [1.82, 2.24) is 4.31 Å². The van der Waals surface area contributed by atoms with Gasteiger partial charge < -0.3 is 0 Å². The van der Waals surface area contributed by atoms with E-state index in [0.29, 0.717) is 18.0 Å². The Labute approximate surface area is 122 Å². The van der Waals surface area contributed by atoms with Crippen LogP contribution in [0.25, 0.3) is 0 Å². The molecular formula is C16H23NO2S. The number of nitrogens with zero attached hydrogens (tertiary/aromatic N) is 1. The van der Waals surface area contributed by atoms with Crippen LogP contribution < -0.4 is 0 Å². The van der Waals surface area contributed by atoms with E-state index in [0.717, 1.165) is 24.8 Å². The molecule has 0 heterocycles. The number of rotatable bonds is 9. The summed E-state index contributed by atoms with van der Waals surface area (Å²) >= 11 is 0. The van der Waals surface area contributed by atoms with Crippen LogP contribution in [0.15, 0.2) is 54.5 Å². The minimum atomic E-state index is -3.43. The number of unbranched alkanes of at least 4 members (excludes halogenated alkanes) is 2. The van der Waals surface area contributed by atoms with Crippen molar-refractivity contribution < 1.29 is 8.42 Å². The zero-order valence-electron chi connectivity index (χ0n) is 12.1. The van der Waals surface area contributed by atoms with Gasteiger partial charge in [0.1, 0.15) is 0 Å². The van der Waals surface area contributed by atoms with E-state index in [9.17, 15) is 8.42 Å². The molecule has 0 aliphatic carbocycles. The van der Waals surface area contributed by atoms with Crippen LogP contribution in [-0.4, -0.2) is 25.8 Å². The van der Waals surface area contributed by atoms with Crippen molar-refractivity contribution in [3.05, 3.63) is 55.1 Å². The van der Waals surface area contributed by atoms with Crippen LogP contribution >= 0.6 is 0 Å². The molecule has 0 unspecified atom stereocenters. The summed E-state index contributed by atoms with van der Waals surface area (Å²) in [5.74, 6) is 0. The number of aryl methyl sites for hydroxylation is 1. The predicted molar refractivity (Wildman–Crippen MR) is 84.2 cm³/mol. The van der Waals surface area contributed by atoms with Crippen molar-refractivity contribution in [3.63, 3.8) is 0 Å². The second-order valence-electron chi connectivity index (χ2n) is 4.75. The molecule has 0 spiro atoms. The van der Waals surface area contributed by atoms with Crippen LogP contribution in [0.5, 0.6) is 0 Å². The third-order valence-corrected chi connectivity index (χ3v) is 4.94. The number of benzene rings is 1. The molecule has 1 aromatic carbocycles. The van der Waals surface area contributed by atoms with E-state index in [-0.39, 0.29) is 0 Å². The molecule has 0 aliphatic heterocycles. The molecule has 3 nitrogen and oxygen atoms in total. The lowest BCUT2D eigenvalue weighted by molar-refractivity contribution is 0.430. The van der Waals surface area contributed by atoms with E-state index in [1.807, 2.05) is 25.1 Å². The SMILES string of the molecule is C=CCCCCN(CC=C)S(=O)(=O)c1ccc(C)cc1. The Balaban J connectivity index is 2.85. The fourth-order valence-corrected chi connectivity index (χ4v) is 3.34. The van der Waals surface area contributed by atoms with E-state index in [2.05, 4.69) is 13.2 Å². The minimum Gasteiger partial charge on any atom is -0.207 e. The molecule has 0 saturated heterocycles. The van der Waals surface area contributed by atoms with Crippen molar-refractivity contribution in [2.75, 3.05) is 13.1 Å². The average molecular weight is 293 g/mol. The Bertz CT molecular complexity index is 532. The Morgan fingerprint density at radius 2 is 1.75 bits per heavy atom. The number of allylic oxidation sites excluding steroid dienone is 1. The Hall–Kier alpha value is -1.39. The Morgan fingerprint density at radius 3 is 2.30 bits per heavy atom. The van der Waals surface area contributed by atoms with Crippen molar-refractivity contribution in [2.24, 2.45) is 0 Å². The summed E-state index contributed by atoms with van der Waals surface area (Å²) in [6.45, 7) is 10.1. The van der Waals surface area contributed by atoms with Gasteiger partial charge in [0, 0.05) is 13.1 Å². The van der Waals surface area contributed by atoms with Gasteiger partial charge in [0.15, 0.2) is 0 Å². The second-order valence-corrected chi connectivity index (χ2v) is 6.69. The fourth-order valence-electron chi connectivity index (χ4n) is 1.89. The van der Waals surface area contributed by atoms with Gasteiger partial charge in [-0.3, -0.25) is 0 Å². The van der Waals surface area contributed by atoms with Crippen LogP contribution in [-0.2, 0) is 10.0 Å². The summed E-state index contributed by atoms with van der Waals surface area (Å²) in [6.07, 6.45) is 6.16. The molecule has 0 radical (unpaired) electrons. The quantitative estimate of drug-likeness (QED) is 0.516. The fraction of sp³-hybridized carbons (Fsp3) is 0.375. The molecule has 20 heavy (non-hydrogen) atoms. The third-order valence-electron chi connectivity index (χ3n) is 3.06. The molecule has 0 aromatic heterocycles. The number of sulfonamides is 1. The van der Waals surface area contributed by atoms with Crippen LogP contribution in [0, 0.1) is 6.92 Å². The van der Waals surface area contributed by atoms with Crippen LogP contribution in [0.4, 0.5) is 0 Å². The monoisotopic (exact) mass is 293 g/mol. The van der Waals surface area contributed by atoms with Gasteiger partial charge in [0.25, 0.3) is 0 Å². The van der Waals surface area contributed by atoms with Gasteiger partial charge in [0.05, 0.1) is 4.90 Å². The molecule has 110 valence electrons. The first-order valence-electron chi connectivity index (χ1n) is 6.81. The van der Waals surface area contributed by atoms with Crippen molar-refractivity contribution in [3.8, 4) is 0 Å². The maximum absolute atomic E-state index is 12.6. The van der Waals surface area contributed by atoms with Gasteiger partial charge >= 0.3 is 0 Å².